The maximum Gasteiger partial charge on any atom is 0.227 e. The van der Waals surface area contributed by atoms with Crippen molar-refractivity contribution in [3.63, 3.8) is 0 Å². The molecule has 0 radical (unpaired) electrons. The van der Waals surface area contributed by atoms with Gasteiger partial charge in [-0.2, -0.15) is 5.26 Å². The van der Waals surface area contributed by atoms with E-state index in [1.807, 2.05) is 66.7 Å². The first-order valence-electron chi connectivity index (χ1n) is 16.5. The lowest BCUT2D eigenvalue weighted by molar-refractivity contribution is -0.357. The van der Waals surface area contributed by atoms with E-state index >= 15 is 0 Å². The molecule has 0 aromatic heterocycles. The molecule has 0 amide bonds. The molecule has 6 nitrogen and oxygen atoms in total. The van der Waals surface area contributed by atoms with E-state index in [1.165, 1.54) is 31.0 Å². The quantitative estimate of drug-likeness (QED) is 0.246. The molecule has 6 atom stereocenters. The van der Waals surface area contributed by atoms with Crippen LogP contribution in [0, 0.1) is 29.1 Å². The Morgan fingerprint density at radius 1 is 0.733 bits per heavy atom. The van der Waals surface area contributed by atoms with Crippen molar-refractivity contribution in [2.75, 3.05) is 5.75 Å². The highest BCUT2D eigenvalue weighted by atomic mass is 32.2. The zero-order valence-corrected chi connectivity index (χ0v) is 26.4. The summed E-state index contributed by atoms with van der Waals surface area (Å²) in [6, 6.07) is 32.7. The van der Waals surface area contributed by atoms with Crippen molar-refractivity contribution in [1.29, 1.82) is 5.26 Å². The van der Waals surface area contributed by atoms with Crippen molar-refractivity contribution in [2.24, 2.45) is 17.8 Å². The molecule has 2 saturated heterocycles. The fourth-order valence-corrected chi connectivity index (χ4v) is 10.1. The number of benzene rings is 3. The Morgan fingerprint density at radius 2 is 1.27 bits per heavy atom. The van der Waals surface area contributed by atoms with E-state index in [9.17, 15) is 5.26 Å². The molecule has 3 aromatic rings. The maximum absolute atomic E-state index is 10.6. The van der Waals surface area contributed by atoms with Gasteiger partial charge in [-0.15, -0.1) is 11.8 Å². The summed E-state index contributed by atoms with van der Waals surface area (Å²) in [5.41, 5.74) is 2.80. The van der Waals surface area contributed by atoms with E-state index < -0.39 is 29.5 Å². The summed E-state index contributed by atoms with van der Waals surface area (Å²) in [7, 11) is 0. The van der Waals surface area contributed by atoms with E-state index in [2.05, 4.69) is 30.3 Å². The first-order valence-corrected chi connectivity index (χ1v) is 17.5. The number of rotatable bonds is 9. The van der Waals surface area contributed by atoms with Crippen molar-refractivity contribution in [3.8, 4) is 6.07 Å². The van der Waals surface area contributed by atoms with Crippen LogP contribution in [0.2, 0.25) is 0 Å². The molecule has 2 aliphatic heterocycles. The van der Waals surface area contributed by atoms with Gasteiger partial charge in [-0.1, -0.05) is 91.0 Å². The molecule has 234 valence electrons. The Labute approximate surface area is 270 Å². The molecule has 45 heavy (non-hydrogen) atoms. The van der Waals surface area contributed by atoms with Gasteiger partial charge < -0.3 is 23.7 Å². The molecule has 3 aromatic carbocycles. The van der Waals surface area contributed by atoms with E-state index in [0.717, 1.165) is 53.7 Å². The Bertz CT molecular complexity index is 1450. The van der Waals surface area contributed by atoms with Crippen LogP contribution in [-0.4, -0.2) is 42.1 Å². The van der Waals surface area contributed by atoms with Crippen LogP contribution in [0.15, 0.2) is 91.0 Å². The lowest BCUT2D eigenvalue weighted by Crippen LogP contribution is -2.66. The van der Waals surface area contributed by atoms with Gasteiger partial charge in [0.1, 0.15) is 24.4 Å². The highest BCUT2D eigenvalue weighted by Gasteiger charge is 2.59. The van der Waals surface area contributed by atoms with Gasteiger partial charge in [0, 0.05) is 11.3 Å². The van der Waals surface area contributed by atoms with Crippen LogP contribution >= 0.6 is 11.8 Å². The Morgan fingerprint density at radius 3 is 1.82 bits per heavy atom. The molecule has 4 saturated carbocycles. The van der Waals surface area contributed by atoms with Gasteiger partial charge in [0.2, 0.25) is 4.93 Å². The fourth-order valence-electron chi connectivity index (χ4n) is 8.93. The van der Waals surface area contributed by atoms with Crippen LogP contribution < -0.4 is 0 Å². The molecule has 0 N–H and O–H groups in total. The van der Waals surface area contributed by atoms with Gasteiger partial charge in [0.05, 0.1) is 24.9 Å². The average molecular weight is 624 g/mol. The van der Waals surface area contributed by atoms with E-state index in [-0.39, 0.29) is 11.7 Å². The van der Waals surface area contributed by atoms with Crippen molar-refractivity contribution < 1.29 is 23.7 Å². The zero-order chi connectivity index (χ0) is 30.3. The van der Waals surface area contributed by atoms with Gasteiger partial charge in [0.25, 0.3) is 0 Å². The van der Waals surface area contributed by atoms with E-state index in [0.29, 0.717) is 19.0 Å². The second-order valence-corrected chi connectivity index (χ2v) is 15.0. The molecule has 0 spiro atoms. The third-order valence-corrected chi connectivity index (χ3v) is 11.9. The van der Waals surface area contributed by atoms with Gasteiger partial charge in [-0.05, 0) is 67.4 Å². The molecule has 6 aliphatic rings. The molecular weight excluding hydrogens is 582 g/mol. The second kappa shape index (κ2) is 12.5. The highest BCUT2D eigenvalue weighted by molar-refractivity contribution is 8.00. The number of ether oxygens (including phenoxy) is 5. The fraction of sp³-hybridized carbons (Fsp3) is 0.500. The summed E-state index contributed by atoms with van der Waals surface area (Å²) in [6.07, 6.45) is 4.86. The number of nitrogens with zero attached hydrogens (tertiary/aromatic N) is 1. The molecule has 6 fully saturated rings. The minimum absolute atomic E-state index is 0.173. The van der Waals surface area contributed by atoms with Crippen molar-refractivity contribution in [2.45, 2.75) is 93.0 Å². The van der Waals surface area contributed by atoms with Crippen LogP contribution in [-0.2, 0) is 41.8 Å². The third-order valence-electron chi connectivity index (χ3n) is 10.6. The molecule has 0 unspecified atom stereocenters. The van der Waals surface area contributed by atoms with Crippen LogP contribution in [0.25, 0.3) is 0 Å². The standard InChI is InChI=1S/C38H41NO5S/c39-25-38(31-14-8-3-9-15-31)43-33-32(24-45-38)42-36(44-37-19-28-16-29(20-37)18-30(17-28)21-37)35(41-23-27-12-6-2-7-13-27)34(33)40-22-26-10-4-1-5-11-26/h1-15,28-30,32-36H,16-24H2/t28?,29?,30?,32-,33-,34+,35+,36-,37?,38+/m1/s1. The molecule has 4 aliphatic carbocycles. The molecule has 4 bridgehead atoms. The predicted octanol–water partition coefficient (Wildman–Crippen LogP) is 7.38. The first kappa shape index (κ1) is 29.7. The number of thioether (sulfide) groups is 1. The Kier molecular flexibility index (Phi) is 8.24. The summed E-state index contributed by atoms with van der Waals surface area (Å²) in [4.78, 5) is -1.17. The Hall–Kier alpha value is -2.70. The van der Waals surface area contributed by atoms with Crippen molar-refractivity contribution in [1.82, 2.24) is 0 Å². The topological polar surface area (TPSA) is 69.9 Å². The lowest BCUT2D eigenvalue weighted by Gasteiger charge is -2.58. The lowest BCUT2D eigenvalue weighted by atomic mass is 9.54. The number of hydrogen-bond donors (Lipinski definition) is 0. The van der Waals surface area contributed by atoms with Crippen molar-refractivity contribution in [3.05, 3.63) is 108 Å². The minimum Gasteiger partial charge on any atom is -0.368 e. The summed E-state index contributed by atoms with van der Waals surface area (Å²) in [6.45, 7) is 0.792. The van der Waals surface area contributed by atoms with Crippen LogP contribution in [0.5, 0.6) is 0 Å². The summed E-state index contributed by atoms with van der Waals surface area (Å²) >= 11 is 1.49. The van der Waals surface area contributed by atoms with Crippen LogP contribution in [0.1, 0.15) is 55.2 Å². The molecular formula is C38H41NO5S. The first-order chi connectivity index (χ1) is 22.1. The third kappa shape index (κ3) is 5.98. The van der Waals surface area contributed by atoms with E-state index in [4.69, 9.17) is 23.7 Å². The van der Waals surface area contributed by atoms with Gasteiger partial charge in [0.15, 0.2) is 6.29 Å². The number of nitriles is 1. The monoisotopic (exact) mass is 623 g/mol. The maximum atomic E-state index is 10.6. The average Bonchev–Trinajstić information content (AvgIpc) is 3.07. The normalized spacial score (nSPS) is 38.4. The number of hydrogen-bond acceptors (Lipinski definition) is 7. The summed E-state index contributed by atoms with van der Waals surface area (Å²) in [5.74, 6) is 2.83. The molecule has 7 heteroatoms. The molecule has 2 heterocycles. The summed E-state index contributed by atoms with van der Waals surface area (Å²) in [5, 5.41) is 10.6. The second-order valence-electron chi connectivity index (χ2n) is 13.8. The summed E-state index contributed by atoms with van der Waals surface area (Å²) < 4.78 is 34.6. The van der Waals surface area contributed by atoms with Crippen LogP contribution in [0.3, 0.4) is 0 Å². The number of fused-ring (bicyclic) bond motifs is 1. The predicted molar refractivity (Wildman–Crippen MR) is 172 cm³/mol. The smallest absolute Gasteiger partial charge is 0.227 e. The SMILES string of the molecule is N#C[C@]1(c2ccccc2)O[C@H]2[C@H](OCc3ccccc3)[C@H](OCc3ccccc3)[C@@H](OC34CC5CC(CC(C5)C3)C4)O[C@@H]2CS1. The van der Waals surface area contributed by atoms with Gasteiger partial charge in [-0.3, -0.25) is 0 Å². The Balaban J connectivity index is 1.13. The van der Waals surface area contributed by atoms with E-state index in [1.54, 1.807) is 0 Å². The largest absolute Gasteiger partial charge is 0.368 e. The molecule has 9 rings (SSSR count). The van der Waals surface area contributed by atoms with Crippen molar-refractivity contribution >= 4 is 11.8 Å². The van der Waals surface area contributed by atoms with Gasteiger partial charge >= 0.3 is 0 Å². The minimum atomic E-state index is -1.17. The zero-order valence-electron chi connectivity index (χ0n) is 25.5. The van der Waals surface area contributed by atoms with Crippen LogP contribution in [0.4, 0.5) is 0 Å². The van der Waals surface area contributed by atoms with Gasteiger partial charge in [-0.25, -0.2) is 0 Å². The highest BCUT2D eigenvalue weighted by Crippen LogP contribution is 2.58.